The van der Waals surface area contributed by atoms with Gasteiger partial charge in [0.2, 0.25) is 5.91 Å². The highest BCUT2D eigenvalue weighted by molar-refractivity contribution is 5.76. The maximum Gasteiger partial charge on any atom is 0.305 e. The molecule has 0 aliphatic heterocycles. The normalized spacial score (nSPS) is 13.0. The van der Waals surface area contributed by atoms with Gasteiger partial charge in [-0.15, -0.1) is 0 Å². The van der Waals surface area contributed by atoms with E-state index in [0.29, 0.717) is 32.3 Å². The summed E-state index contributed by atoms with van der Waals surface area (Å²) in [6.07, 6.45) is 68.3. The third-order valence-electron chi connectivity index (χ3n) is 12.8. The van der Waals surface area contributed by atoms with Crippen LogP contribution in [0.3, 0.4) is 0 Å². The molecule has 0 rings (SSSR count). The van der Waals surface area contributed by atoms with Crippen molar-refractivity contribution in [3.05, 3.63) is 48.6 Å². The Labute approximate surface area is 404 Å². The molecular weight excluding hydrogens is 803 g/mol. The van der Waals surface area contributed by atoms with Gasteiger partial charge in [-0.05, 0) is 70.6 Å². The maximum atomic E-state index is 12.5. The van der Waals surface area contributed by atoms with E-state index in [9.17, 15) is 19.8 Å². The summed E-state index contributed by atoms with van der Waals surface area (Å²) in [5.74, 6) is -0.147. The average molecular weight is 913 g/mol. The van der Waals surface area contributed by atoms with Gasteiger partial charge in [0, 0.05) is 12.8 Å². The first-order valence-corrected chi connectivity index (χ1v) is 28.4. The first kappa shape index (κ1) is 62.8. The molecule has 6 heteroatoms. The van der Waals surface area contributed by atoms with Crippen LogP contribution in [0.4, 0.5) is 0 Å². The van der Waals surface area contributed by atoms with E-state index in [1.807, 2.05) is 6.08 Å². The van der Waals surface area contributed by atoms with Crippen molar-refractivity contribution in [2.75, 3.05) is 13.2 Å². The summed E-state index contributed by atoms with van der Waals surface area (Å²) < 4.78 is 5.44. The number of aliphatic hydroxyl groups is 2. The second-order valence-electron chi connectivity index (χ2n) is 19.3. The molecule has 6 nitrogen and oxygen atoms in total. The molecule has 0 radical (unpaired) electrons. The molecule has 2 unspecified atom stereocenters. The molecular formula is C59H109NO5. The number of carbonyl (C=O) groups is 2. The number of ether oxygens (including phenoxy) is 1. The second kappa shape index (κ2) is 54.4. The van der Waals surface area contributed by atoms with Gasteiger partial charge in [0.15, 0.2) is 0 Å². The zero-order valence-corrected chi connectivity index (χ0v) is 43.2. The predicted octanol–water partition coefficient (Wildman–Crippen LogP) is 17.4. The fourth-order valence-corrected chi connectivity index (χ4v) is 8.49. The van der Waals surface area contributed by atoms with E-state index in [2.05, 4.69) is 61.7 Å². The topological polar surface area (TPSA) is 95.9 Å². The number of esters is 1. The lowest BCUT2D eigenvalue weighted by Crippen LogP contribution is -2.45. The van der Waals surface area contributed by atoms with Crippen molar-refractivity contribution >= 4 is 11.9 Å². The van der Waals surface area contributed by atoms with Gasteiger partial charge in [0.05, 0.1) is 25.4 Å². The Morgan fingerprint density at radius 3 is 1.26 bits per heavy atom. The van der Waals surface area contributed by atoms with E-state index in [-0.39, 0.29) is 18.5 Å². The van der Waals surface area contributed by atoms with Gasteiger partial charge in [0.25, 0.3) is 0 Å². The van der Waals surface area contributed by atoms with Crippen LogP contribution in [0.5, 0.6) is 0 Å². The zero-order chi connectivity index (χ0) is 47.2. The van der Waals surface area contributed by atoms with Gasteiger partial charge in [-0.2, -0.15) is 0 Å². The highest BCUT2D eigenvalue weighted by Gasteiger charge is 2.19. The van der Waals surface area contributed by atoms with Crippen LogP contribution in [-0.2, 0) is 14.3 Å². The Balaban J connectivity index is 3.55. The highest BCUT2D eigenvalue weighted by Crippen LogP contribution is 2.17. The molecule has 0 saturated carbocycles. The number of amides is 1. The summed E-state index contributed by atoms with van der Waals surface area (Å²) >= 11 is 0. The molecule has 0 saturated heterocycles. The van der Waals surface area contributed by atoms with Crippen molar-refractivity contribution in [1.82, 2.24) is 5.32 Å². The fraction of sp³-hybridized carbons (Fsp3) is 0.831. The SMILES string of the molecule is CCC/C=C\C/C=C\CCCCCCCC(=O)OCCCCCCCC/C=C\C/C=C\CCC(=O)NC(CO)C(O)CCCCCCCCCCCCCCCCCCCCCCCC. The van der Waals surface area contributed by atoms with E-state index in [1.54, 1.807) is 0 Å². The van der Waals surface area contributed by atoms with E-state index in [4.69, 9.17) is 4.74 Å². The van der Waals surface area contributed by atoms with Crippen molar-refractivity contribution in [3.8, 4) is 0 Å². The van der Waals surface area contributed by atoms with E-state index in [1.165, 1.54) is 186 Å². The van der Waals surface area contributed by atoms with Gasteiger partial charge >= 0.3 is 5.97 Å². The Kier molecular flexibility index (Phi) is 52.6. The molecule has 0 aromatic heterocycles. The molecule has 0 spiro atoms. The predicted molar refractivity (Wildman–Crippen MR) is 282 cm³/mol. The summed E-state index contributed by atoms with van der Waals surface area (Å²) in [5.41, 5.74) is 0. The monoisotopic (exact) mass is 912 g/mol. The van der Waals surface area contributed by atoms with Crippen LogP contribution in [-0.4, -0.2) is 47.4 Å². The molecule has 1 amide bonds. The third kappa shape index (κ3) is 51.1. The zero-order valence-electron chi connectivity index (χ0n) is 43.2. The number of hydrogen-bond acceptors (Lipinski definition) is 5. The standard InChI is InChI=1S/C59H109NO5/c1-3-5-7-9-11-13-15-17-18-19-20-21-22-23-24-25-28-31-35-39-43-47-51-57(62)56(55-61)60-58(63)52-48-44-40-36-32-29-26-30-34-38-42-46-50-54-65-59(64)53-49-45-41-37-33-27-16-14-12-10-8-6-4-2/h8,10,14,16,29,32,40,44,56-57,61-62H,3-7,9,11-13,15,17-28,30-31,33-39,41-43,45-55H2,1-2H3,(H,60,63)/b10-8-,16-14-,32-29-,44-40-. The van der Waals surface area contributed by atoms with Crippen LogP contribution in [0, 0.1) is 0 Å². The quantitative estimate of drug-likeness (QED) is 0.0321. The summed E-state index contributed by atoms with van der Waals surface area (Å²) in [4.78, 5) is 24.5. The first-order chi connectivity index (χ1) is 32.0. The van der Waals surface area contributed by atoms with Crippen LogP contribution in [0.2, 0.25) is 0 Å². The summed E-state index contributed by atoms with van der Waals surface area (Å²) in [6.45, 7) is 4.82. The molecule has 380 valence electrons. The number of hydrogen-bond donors (Lipinski definition) is 3. The Morgan fingerprint density at radius 1 is 0.431 bits per heavy atom. The molecule has 0 heterocycles. The van der Waals surface area contributed by atoms with Crippen molar-refractivity contribution in [1.29, 1.82) is 0 Å². The number of unbranched alkanes of at least 4 members (excludes halogenated alkanes) is 33. The van der Waals surface area contributed by atoms with Gasteiger partial charge in [-0.25, -0.2) is 0 Å². The van der Waals surface area contributed by atoms with Crippen LogP contribution in [0.25, 0.3) is 0 Å². The smallest absolute Gasteiger partial charge is 0.305 e. The highest BCUT2D eigenvalue weighted by atomic mass is 16.5. The lowest BCUT2D eigenvalue weighted by molar-refractivity contribution is -0.143. The molecule has 2 atom stereocenters. The lowest BCUT2D eigenvalue weighted by atomic mass is 10.0. The Morgan fingerprint density at radius 2 is 0.815 bits per heavy atom. The fourth-order valence-electron chi connectivity index (χ4n) is 8.49. The first-order valence-electron chi connectivity index (χ1n) is 28.4. The molecule has 0 aliphatic carbocycles. The maximum absolute atomic E-state index is 12.5. The minimum atomic E-state index is -0.701. The summed E-state index contributed by atoms with van der Waals surface area (Å²) in [6, 6.07) is -0.588. The van der Waals surface area contributed by atoms with Gasteiger partial charge in [0.1, 0.15) is 0 Å². The molecule has 0 aliphatic rings. The van der Waals surface area contributed by atoms with Crippen LogP contribution < -0.4 is 5.32 Å². The number of carbonyl (C=O) groups excluding carboxylic acids is 2. The lowest BCUT2D eigenvalue weighted by Gasteiger charge is -2.22. The average Bonchev–Trinajstić information content (AvgIpc) is 3.31. The molecule has 0 aromatic carbocycles. The Bertz CT molecular complexity index is 1100. The van der Waals surface area contributed by atoms with E-state index in [0.717, 1.165) is 64.2 Å². The second-order valence-corrected chi connectivity index (χ2v) is 19.3. The minimum absolute atomic E-state index is 0.0324. The number of nitrogens with one attached hydrogen (secondary N) is 1. The van der Waals surface area contributed by atoms with Gasteiger partial charge in [-0.1, -0.05) is 255 Å². The largest absolute Gasteiger partial charge is 0.466 e. The van der Waals surface area contributed by atoms with Crippen LogP contribution in [0.1, 0.15) is 290 Å². The summed E-state index contributed by atoms with van der Waals surface area (Å²) in [5, 5.41) is 23.3. The number of rotatable bonds is 52. The molecule has 0 bridgehead atoms. The third-order valence-corrected chi connectivity index (χ3v) is 12.8. The Hall–Kier alpha value is -2.18. The van der Waals surface area contributed by atoms with Crippen LogP contribution in [0.15, 0.2) is 48.6 Å². The molecule has 65 heavy (non-hydrogen) atoms. The summed E-state index contributed by atoms with van der Waals surface area (Å²) in [7, 11) is 0. The molecule has 3 N–H and O–H groups in total. The van der Waals surface area contributed by atoms with E-state index >= 15 is 0 Å². The molecule has 0 fully saturated rings. The van der Waals surface area contributed by atoms with Crippen molar-refractivity contribution in [2.24, 2.45) is 0 Å². The minimum Gasteiger partial charge on any atom is -0.466 e. The number of aliphatic hydroxyl groups excluding tert-OH is 2. The van der Waals surface area contributed by atoms with Crippen LogP contribution >= 0.6 is 0 Å². The van der Waals surface area contributed by atoms with Crippen molar-refractivity contribution in [2.45, 2.75) is 302 Å². The van der Waals surface area contributed by atoms with Gasteiger partial charge in [-0.3, -0.25) is 9.59 Å². The molecule has 0 aromatic rings. The van der Waals surface area contributed by atoms with E-state index < -0.39 is 12.1 Å². The van der Waals surface area contributed by atoms with Gasteiger partial charge < -0.3 is 20.3 Å². The number of allylic oxidation sites excluding steroid dienone is 8. The van der Waals surface area contributed by atoms with Crippen molar-refractivity contribution in [3.63, 3.8) is 0 Å². The van der Waals surface area contributed by atoms with Crippen molar-refractivity contribution < 1.29 is 24.5 Å².